The lowest BCUT2D eigenvalue weighted by atomic mass is 10.1. The first kappa shape index (κ1) is 18.4. The monoisotopic (exact) mass is 255 g/mol. The van der Waals surface area contributed by atoms with Gasteiger partial charge in [-0.3, -0.25) is 9.05 Å². The molecule has 0 aromatic rings. The van der Waals surface area contributed by atoms with Gasteiger partial charge in [-0.05, 0) is 13.3 Å². The van der Waals surface area contributed by atoms with Gasteiger partial charge in [0.1, 0.15) is 0 Å². The van der Waals surface area contributed by atoms with Crippen LogP contribution in [0, 0.1) is 0 Å². The molecule has 0 spiro atoms. The molecule has 0 aromatic heterocycles. The van der Waals surface area contributed by atoms with E-state index in [1.807, 2.05) is 0 Å². The maximum atomic E-state index is 11.1. The molecule has 100 valence electrons. The Balaban J connectivity index is 0. The molecule has 0 saturated carbocycles. The fraction of sp³-hybridized carbons (Fsp3) is 1.00. The minimum atomic E-state index is -3.75. The number of unbranched alkanes of at least 4 members (excludes halogenated alkanes) is 5. The molecule has 0 aliphatic rings. The van der Waals surface area contributed by atoms with Gasteiger partial charge in [0.15, 0.2) is 0 Å². The van der Waals surface area contributed by atoms with E-state index < -0.39 is 7.82 Å². The van der Waals surface area contributed by atoms with Crippen LogP contribution in [0.2, 0.25) is 0 Å². The van der Waals surface area contributed by atoms with Crippen LogP contribution in [-0.2, 0) is 13.6 Å². The summed E-state index contributed by atoms with van der Waals surface area (Å²) < 4.78 is 20.4. The summed E-state index contributed by atoms with van der Waals surface area (Å²) >= 11 is 0. The summed E-state index contributed by atoms with van der Waals surface area (Å²) in [5.74, 6) is 0. The van der Waals surface area contributed by atoms with Crippen molar-refractivity contribution in [1.82, 2.24) is 6.15 Å². The summed E-state index contributed by atoms with van der Waals surface area (Å²) in [7, 11) is -3.75. The van der Waals surface area contributed by atoms with Gasteiger partial charge in [-0.25, -0.2) is 4.57 Å². The Bertz CT molecular complexity index is 190. The highest BCUT2D eigenvalue weighted by atomic mass is 31.2. The first-order valence-corrected chi connectivity index (χ1v) is 7.23. The molecule has 0 aromatic carbocycles. The van der Waals surface area contributed by atoms with Crippen LogP contribution in [0.15, 0.2) is 0 Å². The Kier molecular flexibility index (Phi) is 13.3. The number of phosphoric acid groups is 1. The van der Waals surface area contributed by atoms with E-state index in [4.69, 9.17) is 9.42 Å². The quantitative estimate of drug-likeness (QED) is 0.459. The molecule has 1 unspecified atom stereocenters. The molecule has 5 nitrogen and oxygen atoms in total. The number of hydrogen-bond donors (Lipinski definition) is 2. The second-order valence-electron chi connectivity index (χ2n) is 3.49. The van der Waals surface area contributed by atoms with Crippen molar-refractivity contribution < 1.29 is 18.5 Å². The second-order valence-corrected chi connectivity index (χ2v) is 4.94. The summed E-state index contributed by atoms with van der Waals surface area (Å²) in [4.78, 5) is 9.07. The Labute approximate surface area is 98.7 Å². The van der Waals surface area contributed by atoms with E-state index >= 15 is 0 Å². The molecule has 0 aliphatic heterocycles. The minimum absolute atomic E-state index is 0. The van der Waals surface area contributed by atoms with E-state index in [2.05, 4.69) is 11.4 Å². The molecule has 0 rings (SSSR count). The Morgan fingerprint density at radius 3 is 2.12 bits per heavy atom. The maximum Gasteiger partial charge on any atom is 0.472 e. The molecule has 4 N–H and O–H groups in total. The Morgan fingerprint density at radius 2 is 1.56 bits per heavy atom. The SMILES string of the molecule is CCCCCCCCOP(=O)(O)OCC.N. The van der Waals surface area contributed by atoms with Crippen molar-refractivity contribution in [2.75, 3.05) is 13.2 Å². The van der Waals surface area contributed by atoms with E-state index in [9.17, 15) is 4.57 Å². The third kappa shape index (κ3) is 12.1. The van der Waals surface area contributed by atoms with Crippen molar-refractivity contribution in [3.63, 3.8) is 0 Å². The van der Waals surface area contributed by atoms with Crippen molar-refractivity contribution in [2.24, 2.45) is 0 Å². The smallest absolute Gasteiger partial charge is 0.344 e. The molecule has 0 saturated heterocycles. The van der Waals surface area contributed by atoms with Gasteiger partial charge >= 0.3 is 7.82 Å². The fourth-order valence-electron chi connectivity index (χ4n) is 1.26. The molecular formula is C10H26NO4P. The van der Waals surface area contributed by atoms with Crippen LogP contribution in [0.25, 0.3) is 0 Å². The van der Waals surface area contributed by atoms with Gasteiger partial charge in [-0.1, -0.05) is 39.0 Å². The van der Waals surface area contributed by atoms with Gasteiger partial charge in [0, 0.05) is 0 Å². The summed E-state index contributed by atoms with van der Waals surface area (Å²) in [5, 5.41) is 0. The van der Waals surface area contributed by atoms with Crippen LogP contribution >= 0.6 is 7.82 Å². The van der Waals surface area contributed by atoms with E-state index in [0.29, 0.717) is 6.61 Å². The zero-order valence-electron chi connectivity index (χ0n) is 10.5. The normalized spacial score (nSPS) is 14.2. The first-order chi connectivity index (χ1) is 7.12. The molecule has 0 bridgehead atoms. The van der Waals surface area contributed by atoms with Crippen molar-refractivity contribution in [1.29, 1.82) is 0 Å². The molecule has 6 heteroatoms. The predicted molar refractivity (Wildman–Crippen MR) is 65.8 cm³/mol. The topological polar surface area (TPSA) is 90.8 Å². The number of hydrogen-bond acceptors (Lipinski definition) is 4. The van der Waals surface area contributed by atoms with Crippen LogP contribution in [-0.4, -0.2) is 18.1 Å². The second kappa shape index (κ2) is 11.6. The van der Waals surface area contributed by atoms with Crippen LogP contribution in [0.3, 0.4) is 0 Å². The van der Waals surface area contributed by atoms with Crippen molar-refractivity contribution in [3.05, 3.63) is 0 Å². The standard InChI is InChI=1S/C10H23O4P.H3N/c1-3-5-6-7-8-9-10-14-15(11,12)13-4-2;/h3-10H2,1-2H3,(H,11,12);1H3. The number of phosphoric ester groups is 1. The van der Waals surface area contributed by atoms with Gasteiger partial charge in [0.05, 0.1) is 13.2 Å². The van der Waals surface area contributed by atoms with Gasteiger partial charge in [-0.2, -0.15) is 0 Å². The lowest BCUT2D eigenvalue weighted by molar-refractivity contribution is 0.153. The maximum absolute atomic E-state index is 11.1. The summed E-state index contributed by atoms with van der Waals surface area (Å²) in [5.41, 5.74) is 0. The Morgan fingerprint density at radius 1 is 1.00 bits per heavy atom. The highest BCUT2D eigenvalue weighted by Crippen LogP contribution is 2.42. The molecule has 1 atom stereocenters. The lowest BCUT2D eigenvalue weighted by Crippen LogP contribution is -1.96. The third-order valence-electron chi connectivity index (χ3n) is 2.04. The van der Waals surface area contributed by atoms with Crippen LogP contribution in [0.1, 0.15) is 52.4 Å². The predicted octanol–water partition coefficient (Wildman–Crippen LogP) is 3.66. The summed E-state index contributed by atoms with van der Waals surface area (Å²) in [6.07, 6.45) is 6.76. The number of rotatable bonds is 10. The van der Waals surface area contributed by atoms with Crippen LogP contribution < -0.4 is 6.15 Å². The van der Waals surface area contributed by atoms with Crippen molar-refractivity contribution in [2.45, 2.75) is 52.4 Å². The molecular weight excluding hydrogens is 229 g/mol. The average molecular weight is 255 g/mol. The van der Waals surface area contributed by atoms with Crippen LogP contribution in [0.4, 0.5) is 0 Å². The largest absolute Gasteiger partial charge is 0.472 e. The van der Waals surface area contributed by atoms with E-state index in [1.54, 1.807) is 6.92 Å². The highest BCUT2D eigenvalue weighted by Gasteiger charge is 2.18. The summed E-state index contributed by atoms with van der Waals surface area (Å²) in [6, 6.07) is 0. The molecule has 0 heterocycles. The van der Waals surface area contributed by atoms with Crippen molar-refractivity contribution in [3.8, 4) is 0 Å². The molecule has 0 aliphatic carbocycles. The molecule has 0 amide bonds. The minimum Gasteiger partial charge on any atom is -0.344 e. The zero-order valence-corrected chi connectivity index (χ0v) is 11.4. The van der Waals surface area contributed by atoms with E-state index in [-0.39, 0.29) is 12.8 Å². The Hall–Kier alpha value is 0.0700. The van der Waals surface area contributed by atoms with Crippen LogP contribution in [0.5, 0.6) is 0 Å². The molecule has 0 fully saturated rings. The van der Waals surface area contributed by atoms with Crippen molar-refractivity contribution >= 4 is 7.82 Å². The lowest BCUT2D eigenvalue weighted by Gasteiger charge is -2.10. The third-order valence-corrected chi connectivity index (χ3v) is 3.14. The van der Waals surface area contributed by atoms with E-state index in [0.717, 1.165) is 12.8 Å². The average Bonchev–Trinajstić information content (AvgIpc) is 2.16. The highest BCUT2D eigenvalue weighted by molar-refractivity contribution is 7.47. The molecule has 16 heavy (non-hydrogen) atoms. The summed E-state index contributed by atoms with van der Waals surface area (Å²) in [6.45, 7) is 4.34. The van der Waals surface area contributed by atoms with Gasteiger partial charge in [0.2, 0.25) is 0 Å². The zero-order chi connectivity index (χ0) is 11.6. The molecule has 0 radical (unpaired) electrons. The first-order valence-electron chi connectivity index (χ1n) is 5.74. The van der Waals surface area contributed by atoms with Gasteiger partial charge in [-0.15, -0.1) is 0 Å². The van der Waals surface area contributed by atoms with Gasteiger partial charge in [0.25, 0.3) is 0 Å². The van der Waals surface area contributed by atoms with E-state index in [1.165, 1.54) is 25.7 Å². The fourth-order valence-corrected chi connectivity index (χ4v) is 2.02. The van der Waals surface area contributed by atoms with Gasteiger partial charge < -0.3 is 11.0 Å².